The SMILES string of the molecule is O=C(Nc1ccc(F)cc1)C(=O)Nc1ccc2c(c1)OCCO2. The van der Waals surface area contributed by atoms with Gasteiger partial charge in [-0.25, -0.2) is 4.39 Å². The van der Waals surface area contributed by atoms with Crippen LogP contribution in [0, 0.1) is 5.82 Å². The van der Waals surface area contributed by atoms with Crippen molar-refractivity contribution in [3.8, 4) is 11.5 Å². The highest BCUT2D eigenvalue weighted by atomic mass is 19.1. The highest BCUT2D eigenvalue weighted by Gasteiger charge is 2.16. The molecule has 6 nitrogen and oxygen atoms in total. The minimum atomic E-state index is -0.855. The lowest BCUT2D eigenvalue weighted by molar-refractivity contribution is -0.133. The number of hydrogen-bond donors (Lipinski definition) is 2. The van der Waals surface area contributed by atoms with Crippen LogP contribution < -0.4 is 20.1 Å². The summed E-state index contributed by atoms with van der Waals surface area (Å²) < 4.78 is 23.6. The molecule has 3 rings (SSSR count). The molecule has 0 fully saturated rings. The van der Waals surface area contributed by atoms with Crippen molar-refractivity contribution >= 4 is 23.2 Å². The second-order valence-electron chi connectivity index (χ2n) is 4.77. The summed E-state index contributed by atoms with van der Waals surface area (Å²) in [7, 11) is 0. The topological polar surface area (TPSA) is 76.7 Å². The van der Waals surface area contributed by atoms with Crippen molar-refractivity contribution < 1.29 is 23.5 Å². The zero-order valence-electron chi connectivity index (χ0n) is 12.0. The maximum absolute atomic E-state index is 12.8. The maximum atomic E-state index is 12.8. The zero-order chi connectivity index (χ0) is 16.2. The predicted molar refractivity (Wildman–Crippen MR) is 81.1 cm³/mol. The van der Waals surface area contributed by atoms with Crippen molar-refractivity contribution in [3.05, 3.63) is 48.3 Å². The molecule has 2 aromatic rings. The van der Waals surface area contributed by atoms with Gasteiger partial charge >= 0.3 is 11.8 Å². The van der Waals surface area contributed by atoms with E-state index < -0.39 is 17.6 Å². The van der Waals surface area contributed by atoms with Crippen molar-refractivity contribution in [2.45, 2.75) is 0 Å². The van der Waals surface area contributed by atoms with Gasteiger partial charge in [0.1, 0.15) is 19.0 Å². The van der Waals surface area contributed by atoms with Crippen molar-refractivity contribution in [1.29, 1.82) is 0 Å². The summed E-state index contributed by atoms with van der Waals surface area (Å²) in [5.41, 5.74) is 0.738. The number of halogens is 1. The molecule has 0 saturated heterocycles. The zero-order valence-corrected chi connectivity index (χ0v) is 12.0. The van der Waals surface area contributed by atoms with Gasteiger partial charge in [0.05, 0.1) is 0 Å². The van der Waals surface area contributed by atoms with Crippen LogP contribution in [0.4, 0.5) is 15.8 Å². The van der Waals surface area contributed by atoms with Gasteiger partial charge in [-0.2, -0.15) is 0 Å². The first-order valence-corrected chi connectivity index (χ1v) is 6.89. The Balaban J connectivity index is 1.64. The van der Waals surface area contributed by atoms with Crippen LogP contribution in [-0.2, 0) is 9.59 Å². The Morgan fingerprint density at radius 1 is 0.826 bits per heavy atom. The molecule has 2 aromatic carbocycles. The molecule has 0 spiro atoms. The second kappa shape index (κ2) is 6.35. The number of carbonyl (C=O) groups excluding carboxylic acids is 2. The molecule has 7 heteroatoms. The van der Waals surface area contributed by atoms with Gasteiger partial charge in [-0.05, 0) is 36.4 Å². The number of ether oxygens (including phenoxy) is 2. The van der Waals surface area contributed by atoms with Crippen molar-refractivity contribution in [1.82, 2.24) is 0 Å². The maximum Gasteiger partial charge on any atom is 0.314 e. The molecule has 118 valence electrons. The van der Waals surface area contributed by atoms with E-state index in [9.17, 15) is 14.0 Å². The van der Waals surface area contributed by atoms with E-state index in [-0.39, 0.29) is 0 Å². The Hall–Kier alpha value is -3.09. The van der Waals surface area contributed by atoms with Gasteiger partial charge in [0, 0.05) is 17.4 Å². The number of benzene rings is 2. The summed E-state index contributed by atoms with van der Waals surface area (Å²) in [5.74, 6) is -1.03. The third-order valence-electron chi connectivity index (χ3n) is 3.11. The van der Waals surface area contributed by atoms with Crippen LogP contribution in [0.1, 0.15) is 0 Å². The van der Waals surface area contributed by atoms with Gasteiger partial charge in [0.25, 0.3) is 0 Å². The fourth-order valence-electron chi connectivity index (χ4n) is 2.03. The number of anilines is 2. The Morgan fingerprint density at radius 3 is 2.09 bits per heavy atom. The van der Waals surface area contributed by atoms with E-state index in [1.54, 1.807) is 18.2 Å². The average molecular weight is 316 g/mol. The lowest BCUT2D eigenvalue weighted by atomic mass is 10.2. The second-order valence-corrected chi connectivity index (χ2v) is 4.77. The Morgan fingerprint density at radius 2 is 1.39 bits per heavy atom. The van der Waals surface area contributed by atoms with Crippen LogP contribution in [0.3, 0.4) is 0 Å². The van der Waals surface area contributed by atoms with E-state index in [1.165, 1.54) is 24.3 Å². The van der Waals surface area contributed by atoms with Gasteiger partial charge in [-0.15, -0.1) is 0 Å². The summed E-state index contributed by atoms with van der Waals surface area (Å²) in [6.07, 6.45) is 0. The summed E-state index contributed by atoms with van der Waals surface area (Å²) >= 11 is 0. The van der Waals surface area contributed by atoms with Crippen LogP contribution in [0.5, 0.6) is 11.5 Å². The number of fused-ring (bicyclic) bond motifs is 1. The molecule has 0 radical (unpaired) electrons. The van der Waals surface area contributed by atoms with E-state index in [2.05, 4.69) is 10.6 Å². The fourth-order valence-corrected chi connectivity index (χ4v) is 2.03. The third-order valence-corrected chi connectivity index (χ3v) is 3.11. The van der Waals surface area contributed by atoms with Gasteiger partial charge in [-0.1, -0.05) is 0 Å². The number of rotatable bonds is 2. The van der Waals surface area contributed by atoms with Crippen molar-refractivity contribution in [2.24, 2.45) is 0 Å². The van der Waals surface area contributed by atoms with Gasteiger partial charge in [0.2, 0.25) is 0 Å². The highest BCUT2D eigenvalue weighted by molar-refractivity contribution is 6.43. The number of nitrogens with one attached hydrogen (secondary N) is 2. The smallest absolute Gasteiger partial charge is 0.314 e. The molecule has 1 aliphatic heterocycles. The van der Waals surface area contributed by atoms with E-state index in [1.807, 2.05) is 0 Å². The molecule has 0 saturated carbocycles. The monoisotopic (exact) mass is 316 g/mol. The van der Waals surface area contributed by atoms with E-state index in [0.717, 1.165) is 0 Å². The molecule has 0 bridgehead atoms. The first-order chi connectivity index (χ1) is 11.1. The molecule has 0 aliphatic carbocycles. The molecule has 0 atom stereocenters. The van der Waals surface area contributed by atoms with Crippen molar-refractivity contribution in [2.75, 3.05) is 23.8 Å². The molecular formula is C16H13FN2O4. The molecule has 1 heterocycles. The summed E-state index contributed by atoms with van der Waals surface area (Å²) in [6.45, 7) is 0.897. The average Bonchev–Trinajstić information content (AvgIpc) is 2.56. The highest BCUT2D eigenvalue weighted by Crippen LogP contribution is 2.32. The van der Waals surface area contributed by atoms with Gasteiger partial charge < -0.3 is 20.1 Å². The first-order valence-electron chi connectivity index (χ1n) is 6.89. The Kier molecular flexibility index (Phi) is 4.09. The predicted octanol–water partition coefficient (Wildman–Crippen LogP) is 2.17. The van der Waals surface area contributed by atoms with Gasteiger partial charge in [0.15, 0.2) is 11.5 Å². The summed E-state index contributed by atoms with van der Waals surface area (Å²) in [4.78, 5) is 23.7. The van der Waals surface area contributed by atoms with Crippen LogP contribution in [0.25, 0.3) is 0 Å². The van der Waals surface area contributed by atoms with E-state index in [0.29, 0.717) is 36.1 Å². The van der Waals surface area contributed by atoms with Crippen molar-refractivity contribution in [3.63, 3.8) is 0 Å². The lowest BCUT2D eigenvalue weighted by Gasteiger charge is -2.18. The molecule has 1 aliphatic rings. The quantitative estimate of drug-likeness (QED) is 0.833. The van der Waals surface area contributed by atoms with Gasteiger partial charge in [-0.3, -0.25) is 9.59 Å². The number of amides is 2. The minimum absolute atomic E-state index is 0.328. The Labute approximate surface area is 131 Å². The van der Waals surface area contributed by atoms with Crippen LogP contribution >= 0.6 is 0 Å². The molecule has 2 N–H and O–H groups in total. The molecule has 23 heavy (non-hydrogen) atoms. The lowest BCUT2D eigenvalue weighted by Crippen LogP contribution is -2.29. The molecular weight excluding hydrogens is 303 g/mol. The van der Waals surface area contributed by atoms with E-state index in [4.69, 9.17) is 9.47 Å². The van der Waals surface area contributed by atoms with Crippen LogP contribution in [-0.4, -0.2) is 25.0 Å². The summed E-state index contributed by atoms with van der Waals surface area (Å²) in [5, 5.41) is 4.84. The Bertz CT molecular complexity index is 746. The number of hydrogen-bond acceptors (Lipinski definition) is 4. The fraction of sp³-hybridized carbons (Fsp3) is 0.125. The molecule has 0 unspecified atom stereocenters. The molecule has 2 amide bonds. The third kappa shape index (κ3) is 3.57. The van der Waals surface area contributed by atoms with E-state index >= 15 is 0 Å². The van der Waals surface area contributed by atoms with Crippen LogP contribution in [0.2, 0.25) is 0 Å². The first kappa shape index (κ1) is 14.8. The standard InChI is InChI=1S/C16H13FN2O4/c17-10-1-3-11(4-2-10)18-15(20)16(21)19-12-5-6-13-14(9-12)23-8-7-22-13/h1-6,9H,7-8H2,(H,18,20)(H,19,21). The summed E-state index contributed by atoms with van der Waals surface area (Å²) in [6, 6.07) is 9.95. The molecule has 0 aromatic heterocycles. The van der Waals surface area contributed by atoms with Crippen LogP contribution in [0.15, 0.2) is 42.5 Å². The minimum Gasteiger partial charge on any atom is -0.486 e. The largest absolute Gasteiger partial charge is 0.486 e. The number of carbonyl (C=O) groups is 2. The normalized spacial score (nSPS) is 12.4.